The van der Waals surface area contributed by atoms with E-state index in [0.717, 1.165) is 10.6 Å². The van der Waals surface area contributed by atoms with E-state index in [2.05, 4.69) is 56.4 Å². The molecule has 0 spiro atoms. The molecule has 0 amide bonds. The lowest BCUT2D eigenvalue weighted by atomic mass is 10.0. The molecule has 0 aliphatic rings. The van der Waals surface area contributed by atoms with Gasteiger partial charge in [-0.25, -0.2) is 0 Å². The Balaban J connectivity index is 2.08. The molecule has 19 heavy (non-hydrogen) atoms. The molecule has 2 rings (SSSR count). The fourth-order valence-electron chi connectivity index (χ4n) is 2.24. The molecular formula is C17H20ClN. The highest BCUT2D eigenvalue weighted by molar-refractivity contribution is 6.31. The third kappa shape index (κ3) is 3.59. The Bertz CT molecular complexity index is 533. The van der Waals surface area contributed by atoms with E-state index in [1.165, 1.54) is 11.1 Å². The summed E-state index contributed by atoms with van der Waals surface area (Å²) < 4.78 is 0. The minimum Gasteiger partial charge on any atom is -0.304 e. The van der Waals surface area contributed by atoms with Crippen LogP contribution < -0.4 is 5.32 Å². The first-order valence-corrected chi connectivity index (χ1v) is 7.03. The fourth-order valence-corrected chi connectivity index (χ4v) is 2.54. The normalized spacial score (nSPS) is 14.1. The zero-order valence-electron chi connectivity index (χ0n) is 11.7. The van der Waals surface area contributed by atoms with Gasteiger partial charge < -0.3 is 5.32 Å². The van der Waals surface area contributed by atoms with Gasteiger partial charge >= 0.3 is 0 Å². The van der Waals surface area contributed by atoms with Crippen LogP contribution in [0.2, 0.25) is 5.02 Å². The lowest BCUT2D eigenvalue weighted by Crippen LogP contribution is -2.22. The number of aryl methyl sites for hydroxylation is 1. The second-order valence-corrected chi connectivity index (χ2v) is 5.45. The molecule has 2 atom stereocenters. The summed E-state index contributed by atoms with van der Waals surface area (Å²) in [4.78, 5) is 0. The van der Waals surface area contributed by atoms with Crippen LogP contribution in [-0.4, -0.2) is 0 Å². The van der Waals surface area contributed by atoms with Crippen LogP contribution >= 0.6 is 11.6 Å². The molecule has 2 aromatic carbocycles. The summed E-state index contributed by atoms with van der Waals surface area (Å²) >= 11 is 6.23. The SMILES string of the molecule is Cc1ccc([C@@H](C)NC(C)c2ccccc2Cl)cc1. The molecule has 0 aliphatic carbocycles. The van der Waals surface area contributed by atoms with Crippen LogP contribution in [0.5, 0.6) is 0 Å². The molecule has 1 N–H and O–H groups in total. The van der Waals surface area contributed by atoms with Crippen molar-refractivity contribution in [3.8, 4) is 0 Å². The van der Waals surface area contributed by atoms with Crippen molar-refractivity contribution in [1.82, 2.24) is 5.32 Å². The molecule has 0 radical (unpaired) electrons. The summed E-state index contributed by atoms with van der Waals surface area (Å²) in [7, 11) is 0. The highest BCUT2D eigenvalue weighted by Crippen LogP contribution is 2.25. The van der Waals surface area contributed by atoms with E-state index in [0.29, 0.717) is 6.04 Å². The molecule has 1 nitrogen and oxygen atoms in total. The third-order valence-corrected chi connectivity index (χ3v) is 3.79. The van der Waals surface area contributed by atoms with Gasteiger partial charge in [0.1, 0.15) is 0 Å². The number of rotatable bonds is 4. The largest absolute Gasteiger partial charge is 0.304 e. The average molecular weight is 274 g/mol. The Labute approximate surface area is 120 Å². The van der Waals surface area contributed by atoms with E-state index in [9.17, 15) is 0 Å². The lowest BCUT2D eigenvalue weighted by molar-refractivity contribution is 0.495. The van der Waals surface area contributed by atoms with Crippen LogP contribution in [-0.2, 0) is 0 Å². The van der Waals surface area contributed by atoms with Crippen molar-refractivity contribution in [3.05, 3.63) is 70.2 Å². The van der Waals surface area contributed by atoms with Gasteiger partial charge in [0.15, 0.2) is 0 Å². The van der Waals surface area contributed by atoms with Crippen molar-refractivity contribution in [2.24, 2.45) is 0 Å². The van der Waals surface area contributed by atoms with Crippen LogP contribution in [0.3, 0.4) is 0 Å². The Morgan fingerprint density at radius 2 is 1.53 bits per heavy atom. The zero-order chi connectivity index (χ0) is 13.8. The van der Waals surface area contributed by atoms with Crippen molar-refractivity contribution in [2.75, 3.05) is 0 Å². The third-order valence-electron chi connectivity index (χ3n) is 3.45. The molecule has 100 valence electrons. The van der Waals surface area contributed by atoms with Crippen molar-refractivity contribution >= 4 is 11.6 Å². The summed E-state index contributed by atoms with van der Waals surface area (Å²) in [6, 6.07) is 17.2. The summed E-state index contributed by atoms with van der Waals surface area (Å²) in [5, 5.41) is 4.41. The van der Waals surface area contributed by atoms with Crippen LogP contribution in [0.1, 0.15) is 42.6 Å². The Kier molecular flexibility index (Phi) is 4.62. The molecule has 0 heterocycles. The smallest absolute Gasteiger partial charge is 0.0453 e. The highest BCUT2D eigenvalue weighted by Gasteiger charge is 2.13. The molecule has 0 bridgehead atoms. The van der Waals surface area contributed by atoms with Gasteiger partial charge in [-0.3, -0.25) is 0 Å². The van der Waals surface area contributed by atoms with Crippen LogP contribution in [0.25, 0.3) is 0 Å². The molecule has 2 aromatic rings. The fraction of sp³-hybridized carbons (Fsp3) is 0.294. The van der Waals surface area contributed by atoms with Crippen LogP contribution in [0.15, 0.2) is 48.5 Å². The van der Waals surface area contributed by atoms with Crippen molar-refractivity contribution < 1.29 is 0 Å². The van der Waals surface area contributed by atoms with Gasteiger partial charge in [0.25, 0.3) is 0 Å². The van der Waals surface area contributed by atoms with Gasteiger partial charge in [-0.15, -0.1) is 0 Å². The van der Waals surface area contributed by atoms with Gasteiger partial charge in [-0.2, -0.15) is 0 Å². The van der Waals surface area contributed by atoms with Crippen molar-refractivity contribution in [3.63, 3.8) is 0 Å². The van der Waals surface area contributed by atoms with Gasteiger partial charge in [-0.1, -0.05) is 59.6 Å². The highest BCUT2D eigenvalue weighted by atomic mass is 35.5. The average Bonchev–Trinajstić information content (AvgIpc) is 2.39. The summed E-state index contributed by atoms with van der Waals surface area (Å²) in [5.41, 5.74) is 3.72. The van der Waals surface area contributed by atoms with Gasteiger partial charge in [-0.05, 0) is 38.0 Å². The Hall–Kier alpha value is -1.31. The second-order valence-electron chi connectivity index (χ2n) is 5.04. The number of hydrogen-bond acceptors (Lipinski definition) is 1. The number of nitrogens with one attached hydrogen (secondary N) is 1. The number of benzene rings is 2. The molecule has 0 aromatic heterocycles. The van der Waals surface area contributed by atoms with E-state index in [-0.39, 0.29) is 6.04 Å². The van der Waals surface area contributed by atoms with Crippen LogP contribution in [0.4, 0.5) is 0 Å². The van der Waals surface area contributed by atoms with Gasteiger partial charge in [0.05, 0.1) is 0 Å². The molecule has 0 fully saturated rings. The monoisotopic (exact) mass is 273 g/mol. The minimum atomic E-state index is 0.227. The Morgan fingerprint density at radius 1 is 0.895 bits per heavy atom. The van der Waals surface area contributed by atoms with E-state index >= 15 is 0 Å². The Morgan fingerprint density at radius 3 is 2.16 bits per heavy atom. The summed E-state index contributed by atoms with van der Waals surface area (Å²) in [6.07, 6.45) is 0. The molecule has 2 heteroatoms. The maximum atomic E-state index is 6.23. The maximum absolute atomic E-state index is 6.23. The van der Waals surface area contributed by atoms with E-state index in [4.69, 9.17) is 11.6 Å². The van der Waals surface area contributed by atoms with E-state index in [1.807, 2.05) is 18.2 Å². The summed E-state index contributed by atoms with van der Waals surface area (Å²) in [5.74, 6) is 0. The molecule has 0 aliphatic heterocycles. The minimum absolute atomic E-state index is 0.227. The first kappa shape index (κ1) is 14.1. The number of halogens is 1. The topological polar surface area (TPSA) is 12.0 Å². The molecular weight excluding hydrogens is 254 g/mol. The first-order valence-electron chi connectivity index (χ1n) is 6.65. The summed E-state index contributed by atoms with van der Waals surface area (Å²) in [6.45, 7) is 6.43. The standard InChI is InChI=1S/C17H20ClN/c1-12-8-10-15(11-9-12)13(2)19-14(3)16-6-4-5-7-17(16)18/h4-11,13-14,19H,1-3H3/t13-,14?/m1/s1. The molecule has 0 saturated carbocycles. The van der Waals surface area contributed by atoms with Gasteiger partial charge in [0.2, 0.25) is 0 Å². The van der Waals surface area contributed by atoms with Gasteiger partial charge in [0, 0.05) is 17.1 Å². The quantitative estimate of drug-likeness (QED) is 0.821. The maximum Gasteiger partial charge on any atom is 0.0453 e. The van der Waals surface area contributed by atoms with E-state index < -0.39 is 0 Å². The predicted molar refractivity (Wildman–Crippen MR) is 82.6 cm³/mol. The molecule has 1 unspecified atom stereocenters. The number of hydrogen-bond donors (Lipinski definition) is 1. The molecule has 0 saturated heterocycles. The van der Waals surface area contributed by atoms with Crippen molar-refractivity contribution in [2.45, 2.75) is 32.9 Å². The predicted octanol–water partition coefficient (Wildman–Crippen LogP) is 5.06. The van der Waals surface area contributed by atoms with Crippen molar-refractivity contribution in [1.29, 1.82) is 0 Å². The zero-order valence-corrected chi connectivity index (χ0v) is 12.4. The van der Waals surface area contributed by atoms with E-state index in [1.54, 1.807) is 0 Å². The first-order chi connectivity index (χ1) is 9.08. The lowest BCUT2D eigenvalue weighted by Gasteiger charge is -2.21. The van der Waals surface area contributed by atoms with Crippen LogP contribution in [0, 0.1) is 6.92 Å². The second kappa shape index (κ2) is 6.23.